The minimum Gasteiger partial charge on any atom is -0.339 e. The molecule has 0 aromatic heterocycles. The highest BCUT2D eigenvalue weighted by Crippen LogP contribution is 2.30. The van der Waals surface area contributed by atoms with Gasteiger partial charge in [-0.3, -0.25) is 9.59 Å². The monoisotopic (exact) mass is 404 g/mol. The molecular weight excluding hydrogens is 372 g/mol. The highest BCUT2D eigenvalue weighted by molar-refractivity contribution is 6.06. The normalized spacial score (nSPS) is 17.9. The molecule has 0 bridgehead atoms. The number of carbonyl (C=O) groups excluding carboxylic acids is 2. The SMILES string of the molecule is O=C(c1ccccc1-c1ccccc1C(=O)N1CCCCCC1)N1CCCCCC1. The number of carbonyl (C=O) groups is 2. The molecular formula is C26H32N2O2. The second-order valence-corrected chi connectivity index (χ2v) is 8.50. The van der Waals surface area contributed by atoms with Crippen molar-refractivity contribution >= 4 is 11.8 Å². The third kappa shape index (κ3) is 4.58. The van der Waals surface area contributed by atoms with Crippen molar-refractivity contribution in [1.82, 2.24) is 9.80 Å². The van der Waals surface area contributed by atoms with Crippen molar-refractivity contribution in [1.29, 1.82) is 0 Å². The van der Waals surface area contributed by atoms with Crippen molar-refractivity contribution in [2.45, 2.75) is 51.4 Å². The molecule has 4 heteroatoms. The van der Waals surface area contributed by atoms with E-state index in [1.807, 2.05) is 58.3 Å². The number of hydrogen-bond acceptors (Lipinski definition) is 2. The van der Waals surface area contributed by atoms with E-state index in [1.54, 1.807) is 0 Å². The number of nitrogens with zero attached hydrogens (tertiary/aromatic N) is 2. The van der Waals surface area contributed by atoms with Crippen LogP contribution in [0.2, 0.25) is 0 Å². The second-order valence-electron chi connectivity index (χ2n) is 8.50. The molecule has 2 amide bonds. The van der Waals surface area contributed by atoms with Crippen molar-refractivity contribution < 1.29 is 9.59 Å². The summed E-state index contributed by atoms with van der Waals surface area (Å²) in [5.74, 6) is 0.175. The molecule has 4 nitrogen and oxygen atoms in total. The minimum atomic E-state index is 0.0875. The molecule has 4 rings (SSSR count). The van der Waals surface area contributed by atoms with Gasteiger partial charge in [-0.15, -0.1) is 0 Å². The van der Waals surface area contributed by atoms with Gasteiger partial charge >= 0.3 is 0 Å². The molecule has 0 N–H and O–H groups in total. The summed E-state index contributed by atoms with van der Waals surface area (Å²) in [6, 6.07) is 15.6. The number of amides is 2. The molecule has 2 fully saturated rings. The van der Waals surface area contributed by atoms with Crippen LogP contribution in [0.15, 0.2) is 48.5 Å². The molecule has 0 aliphatic carbocycles. The smallest absolute Gasteiger partial charge is 0.254 e. The molecule has 0 unspecified atom stereocenters. The van der Waals surface area contributed by atoms with Crippen LogP contribution in [0.25, 0.3) is 11.1 Å². The van der Waals surface area contributed by atoms with Crippen LogP contribution >= 0.6 is 0 Å². The molecule has 0 saturated carbocycles. The fourth-order valence-electron chi connectivity index (χ4n) is 4.70. The Labute approximate surface area is 179 Å². The van der Waals surface area contributed by atoms with E-state index in [4.69, 9.17) is 0 Å². The number of benzene rings is 2. The van der Waals surface area contributed by atoms with Gasteiger partial charge in [0.05, 0.1) is 0 Å². The summed E-state index contributed by atoms with van der Waals surface area (Å²) >= 11 is 0. The van der Waals surface area contributed by atoms with Crippen molar-refractivity contribution in [2.75, 3.05) is 26.2 Å². The summed E-state index contributed by atoms with van der Waals surface area (Å²) in [6.45, 7) is 3.28. The predicted octanol–water partition coefficient (Wildman–Crippen LogP) is 5.39. The Balaban J connectivity index is 1.68. The zero-order valence-electron chi connectivity index (χ0n) is 17.8. The lowest BCUT2D eigenvalue weighted by molar-refractivity contribution is 0.0752. The maximum absolute atomic E-state index is 13.4. The standard InChI is InChI=1S/C26H32N2O2/c29-25(27-17-9-1-2-10-18-27)23-15-7-5-13-21(23)22-14-6-8-16-24(22)26(30)28-19-11-3-4-12-20-28/h5-8,13-16H,1-4,9-12,17-20H2. The average molecular weight is 405 g/mol. The summed E-state index contributed by atoms with van der Waals surface area (Å²) in [4.78, 5) is 30.8. The first-order valence-electron chi connectivity index (χ1n) is 11.5. The maximum atomic E-state index is 13.4. The van der Waals surface area contributed by atoms with Gasteiger partial charge < -0.3 is 9.80 Å². The molecule has 0 spiro atoms. The number of hydrogen-bond donors (Lipinski definition) is 0. The van der Waals surface area contributed by atoms with Crippen LogP contribution in [-0.2, 0) is 0 Å². The number of rotatable bonds is 3. The van der Waals surface area contributed by atoms with Gasteiger partial charge in [0.2, 0.25) is 0 Å². The maximum Gasteiger partial charge on any atom is 0.254 e. The van der Waals surface area contributed by atoms with Crippen LogP contribution in [0.5, 0.6) is 0 Å². The molecule has 2 aromatic carbocycles. The van der Waals surface area contributed by atoms with Gasteiger partial charge in [0.1, 0.15) is 0 Å². The largest absolute Gasteiger partial charge is 0.339 e. The van der Waals surface area contributed by atoms with Crippen molar-refractivity contribution in [2.24, 2.45) is 0 Å². The van der Waals surface area contributed by atoms with Crippen LogP contribution in [0.4, 0.5) is 0 Å². The Morgan fingerprint density at radius 3 is 1.20 bits per heavy atom. The van der Waals surface area contributed by atoms with Gasteiger partial charge in [-0.1, -0.05) is 62.1 Å². The average Bonchev–Trinajstić information content (AvgIpc) is 3.24. The van der Waals surface area contributed by atoms with Crippen LogP contribution in [0.1, 0.15) is 72.1 Å². The quantitative estimate of drug-likeness (QED) is 0.688. The van der Waals surface area contributed by atoms with E-state index in [1.165, 1.54) is 25.7 Å². The van der Waals surface area contributed by atoms with Gasteiger partial charge in [-0.2, -0.15) is 0 Å². The molecule has 0 atom stereocenters. The highest BCUT2D eigenvalue weighted by Gasteiger charge is 2.24. The lowest BCUT2D eigenvalue weighted by Gasteiger charge is -2.24. The van der Waals surface area contributed by atoms with E-state index < -0.39 is 0 Å². The predicted molar refractivity (Wildman–Crippen MR) is 121 cm³/mol. The van der Waals surface area contributed by atoms with Gasteiger partial charge in [0, 0.05) is 37.3 Å². The summed E-state index contributed by atoms with van der Waals surface area (Å²) < 4.78 is 0. The third-order valence-electron chi connectivity index (χ3n) is 6.39. The minimum absolute atomic E-state index is 0.0875. The Morgan fingerprint density at radius 2 is 0.833 bits per heavy atom. The zero-order chi connectivity index (χ0) is 20.8. The Kier molecular flexibility index (Phi) is 6.83. The molecule has 30 heavy (non-hydrogen) atoms. The first kappa shape index (κ1) is 20.6. The van der Waals surface area contributed by atoms with Crippen molar-refractivity contribution in [3.8, 4) is 11.1 Å². The van der Waals surface area contributed by atoms with E-state index in [0.29, 0.717) is 11.1 Å². The van der Waals surface area contributed by atoms with Gasteiger partial charge in [0.15, 0.2) is 0 Å². The van der Waals surface area contributed by atoms with Gasteiger partial charge in [-0.05, 0) is 48.9 Å². The lowest BCUT2D eigenvalue weighted by atomic mass is 9.94. The Bertz CT molecular complexity index is 803. The molecule has 2 saturated heterocycles. The lowest BCUT2D eigenvalue weighted by Crippen LogP contribution is -2.33. The highest BCUT2D eigenvalue weighted by atomic mass is 16.2. The van der Waals surface area contributed by atoms with Crippen molar-refractivity contribution in [3.63, 3.8) is 0 Å². The summed E-state index contributed by atoms with van der Waals surface area (Å²) in [5, 5.41) is 0. The second kappa shape index (κ2) is 9.92. The third-order valence-corrected chi connectivity index (χ3v) is 6.39. The summed E-state index contributed by atoms with van der Waals surface area (Å²) in [6.07, 6.45) is 9.04. The van der Waals surface area contributed by atoms with Gasteiger partial charge in [0.25, 0.3) is 11.8 Å². The van der Waals surface area contributed by atoms with Crippen LogP contribution in [0.3, 0.4) is 0 Å². The van der Waals surface area contributed by atoms with E-state index >= 15 is 0 Å². The fraction of sp³-hybridized carbons (Fsp3) is 0.462. The van der Waals surface area contributed by atoms with Gasteiger partial charge in [-0.25, -0.2) is 0 Å². The molecule has 2 heterocycles. The topological polar surface area (TPSA) is 40.6 Å². The number of likely N-dealkylation sites (tertiary alicyclic amines) is 2. The van der Waals surface area contributed by atoms with E-state index in [9.17, 15) is 9.59 Å². The first-order chi connectivity index (χ1) is 14.8. The van der Waals surface area contributed by atoms with Crippen LogP contribution < -0.4 is 0 Å². The first-order valence-corrected chi connectivity index (χ1v) is 11.5. The van der Waals surface area contributed by atoms with Crippen LogP contribution in [-0.4, -0.2) is 47.8 Å². The van der Waals surface area contributed by atoms with E-state index in [0.717, 1.165) is 63.0 Å². The Hall–Kier alpha value is -2.62. The fourth-order valence-corrected chi connectivity index (χ4v) is 4.70. The van der Waals surface area contributed by atoms with Crippen LogP contribution in [0, 0.1) is 0 Å². The zero-order valence-corrected chi connectivity index (χ0v) is 17.8. The Morgan fingerprint density at radius 1 is 0.500 bits per heavy atom. The summed E-state index contributed by atoms with van der Waals surface area (Å²) in [5.41, 5.74) is 3.14. The molecule has 2 aromatic rings. The summed E-state index contributed by atoms with van der Waals surface area (Å²) in [7, 11) is 0. The van der Waals surface area contributed by atoms with E-state index in [-0.39, 0.29) is 11.8 Å². The molecule has 2 aliphatic rings. The molecule has 0 radical (unpaired) electrons. The van der Waals surface area contributed by atoms with E-state index in [2.05, 4.69) is 0 Å². The molecule has 2 aliphatic heterocycles. The molecule has 158 valence electrons. The van der Waals surface area contributed by atoms with Crippen molar-refractivity contribution in [3.05, 3.63) is 59.7 Å².